The molecule has 2 aromatic rings. The number of morpholine rings is 1. The van der Waals surface area contributed by atoms with E-state index in [1.54, 1.807) is 0 Å². The molecule has 28 heavy (non-hydrogen) atoms. The second kappa shape index (κ2) is 8.01. The molecule has 1 atom stereocenters. The maximum atomic E-state index is 13.6. The SMILES string of the molecule is CCOc1c(N2CCOCC2)oc2c(C)ccc(N3CCCC3CO)c2c1=O. The summed E-state index contributed by atoms with van der Waals surface area (Å²) in [5.74, 6) is 0.756. The van der Waals surface area contributed by atoms with E-state index in [1.807, 2.05) is 30.9 Å². The number of aliphatic hydroxyl groups excluding tert-OH is 1. The lowest BCUT2D eigenvalue weighted by Gasteiger charge is -2.30. The molecular weight excluding hydrogens is 360 g/mol. The van der Waals surface area contributed by atoms with Crippen molar-refractivity contribution in [3.63, 3.8) is 0 Å². The summed E-state index contributed by atoms with van der Waals surface area (Å²) in [6.45, 7) is 7.60. The van der Waals surface area contributed by atoms with E-state index < -0.39 is 0 Å². The Morgan fingerprint density at radius 1 is 1.25 bits per heavy atom. The topological polar surface area (TPSA) is 75.4 Å². The number of hydrogen-bond acceptors (Lipinski definition) is 7. The summed E-state index contributed by atoms with van der Waals surface area (Å²) in [6.07, 6.45) is 1.91. The Balaban J connectivity index is 1.93. The highest BCUT2D eigenvalue weighted by atomic mass is 16.5. The zero-order valence-corrected chi connectivity index (χ0v) is 16.6. The van der Waals surface area contributed by atoms with Crippen LogP contribution >= 0.6 is 0 Å². The molecule has 7 nitrogen and oxygen atoms in total. The lowest BCUT2D eigenvalue weighted by atomic mass is 10.1. The van der Waals surface area contributed by atoms with Crippen molar-refractivity contribution in [2.75, 3.05) is 55.9 Å². The average Bonchev–Trinajstić information content (AvgIpc) is 3.20. The summed E-state index contributed by atoms with van der Waals surface area (Å²) in [5, 5.41) is 10.3. The predicted octanol–water partition coefficient (Wildman–Crippen LogP) is 2.30. The molecule has 1 aromatic heterocycles. The van der Waals surface area contributed by atoms with Gasteiger partial charge in [0.1, 0.15) is 5.58 Å². The second-order valence-electron chi connectivity index (χ2n) is 7.38. The third-order valence-electron chi connectivity index (χ3n) is 5.64. The molecule has 2 fully saturated rings. The highest BCUT2D eigenvalue weighted by Gasteiger charge is 2.30. The number of benzene rings is 1. The number of anilines is 2. The highest BCUT2D eigenvalue weighted by molar-refractivity contribution is 5.94. The Morgan fingerprint density at radius 3 is 2.75 bits per heavy atom. The molecule has 2 aliphatic heterocycles. The zero-order chi connectivity index (χ0) is 19.7. The predicted molar refractivity (Wildman–Crippen MR) is 109 cm³/mol. The first-order valence-electron chi connectivity index (χ1n) is 10.1. The van der Waals surface area contributed by atoms with Gasteiger partial charge in [-0.2, -0.15) is 0 Å². The van der Waals surface area contributed by atoms with Crippen molar-refractivity contribution in [3.05, 3.63) is 27.9 Å². The third-order valence-corrected chi connectivity index (χ3v) is 5.64. The molecule has 3 heterocycles. The molecule has 2 aliphatic rings. The van der Waals surface area contributed by atoms with Crippen molar-refractivity contribution in [2.45, 2.75) is 32.7 Å². The first-order valence-corrected chi connectivity index (χ1v) is 10.1. The zero-order valence-electron chi connectivity index (χ0n) is 16.6. The van der Waals surface area contributed by atoms with Crippen LogP contribution in [0.3, 0.4) is 0 Å². The van der Waals surface area contributed by atoms with Gasteiger partial charge < -0.3 is 28.8 Å². The summed E-state index contributed by atoms with van der Waals surface area (Å²) >= 11 is 0. The number of rotatable bonds is 5. The molecule has 0 radical (unpaired) electrons. The maximum Gasteiger partial charge on any atom is 0.243 e. The van der Waals surface area contributed by atoms with Gasteiger partial charge in [-0.05, 0) is 38.3 Å². The molecule has 4 rings (SSSR count). The van der Waals surface area contributed by atoms with Crippen LogP contribution in [-0.2, 0) is 4.74 Å². The molecule has 1 N–H and O–H groups in total. The van der Waals surface area contributed by atoms with Crippen LogP contribution in [0.5, 0.6) is 5.75 Å². The summed E-state index contributed by atoms with van der Waals surface area (Å²) in [4.78, 5) is 17.7. The monoisotopic (exact) mass is 388 g/mol. The van der Waals surface area contributed by atoms with Crippen LogP contribution in [0.25, 0.3) is 11.0 Å². The normalized spacial score (nSPS) is 20.2. The lowest BCUT2D eigenvalue weighted by molar-refractivity contribution is 0.120. The van der Waals surface area contributed by atoms with Gasteiger partial charge >= 0.3 is 0 Å². The van der Waals surface area contributed by atoms with Crippen molar-refractivity contribution in [3.8, 4) is 5.75 Å². The Kier molecular flexibility index (Phi) is 5.46. The minimum absolute atomic E-state index is 0.0276. The molecule has 7 heteroatoms. The molecular formula is C21H28N2O5. The van der Waals surface area contributed by atoms with Crippen LogP contribution in [0, 0.1) is 6.92 Å². The third kappa shape index (κ3) is 3.22. The smallest absolute Gasteiger partial charge is 0.243 e. The van der Waals surface area contributed by atoms with Gasteiger partial charge in [0.25, 0.3) is 0 Å². The van der Waals surface area contributed by atoms with Crippen LogP contribution in [0.4, 0.5) is 11.6 Å². The number of fused-ring (bicyclic) bond motifs is 1. The molecule has 0 bridgehead atoms. The van der Waals surface area contributed by atoms with E-state index in [0.29, 0.717) is 49.8 Å². The fourth-order valence-corrected chi connectivity index (χ4v) is 4.21. The van der Waals surface area contributed by atoms with Gasteiger partial charge in [-0.3, -0.25) is 4.79 Å². The van der Waals surface area contributed by atoms with Crippen molar-refractivity contribution in [2.24, 2.45) is 0 Å². The average molecular weight is 388 g/mol. The fourth-order valence-electron chi connectivity index (χ4n) is 4.21. The van der Waals surface area contributed by atoms with Crippen molar-refractivity contribution >= 4 is 22.5 Å². The first-order chi connectivity index (χ1) is 13.7. The Labute approximate surface area is 164 Å². The van der Waals surface area contributed by atoms with E-state index in [1.165, 1.54) is 0 Å². The Bertz CT molecular complexity index is 904. The highest BCUT2D eigenvalue weighted by Crippen LogP contribution is 2.37. The number of nitrogens with zero attached hydrogens (tertiary/aromatic N) is 2. The summed E-state index contributed by atoms with van der Waals surface area (Å²) < 4.78 is 17.5. The van der Waals surface area contributed by atoms with Gasteiger partial charge in [0, 0.05) is 19.6 Å². The fraction of sp³-hybridized carbons (Fsp3) is 0.571. The molecule has 152 valence electrons. The van der Waals surface area contributed by atoms with Gasteiger partial charge in [0.05, 0.1) is 43.5 Å². The van der Waals surface area contributed by atoms with Gasteiger partial charge in [-0.25, -0.2) is 0 Å². The van der Waals surface area contributed by atoms with E-state index in [2.05, 4.69) is 4.90 Å². The van der Waals surface area contributed by atoms with E-state index in [0.717, 1.165) is 30.6 Å². The molecule has 0 amide bonds. The van der Waals surface area contributed by atoms with E-state index in [-0.39, 0.29) is 23.8 Å². The first kappa shape index (κ1) is 19.1. The second-order valence-corrected chi connectivity index (χ2v) is 7.38. The molecule has 1 aromatic carbocycles. The minimum atomic E-state index is -0.146. The Hall–Kier alpha value is -2.25. The van der Waals surface area contributed by atoms with Gasteiger partial charge in [-0.15, -0.1) is 0 Å². The number of aliphatic hydroxyl groups is 1. The van der Waals surface area contributed by atoms with Crippen LogP contribution in [-0.4, -0.2) is 57.2 Å². The van der Waals surface area contributed by atoms with Gasteiger partial charge in [-0.1, -0.05) is 6.07 Å². The molecule has 2 saturated heterocycles. The molecule has 0 saturated carbocycles. The van der Waals surface area contributed by atoms with E-state index >= 15 is 0 Å². The van der Waals surface area contributed by atoms with Crippen molar-refractivity contribution < 1.29 is 19.0 Å². The van der Waals surface area contributed by atoms with E-state index in [4.69, 9.17) is 13.9 Å². The summed E-state index contributed by atoms with van der Waals surface area (Å²) in [6, 6.07) is 3.98. The quantitative estimate of drug-likeness (QED) is 0.842. The maximum absolute atomic E-state index is 13.6. The number of ether oxygens (including phenoxy) is 2. The van der Waals surface area contributed by atoms with Crippen molar-refractivity contribution in [1.82, 2.24) is 0 Å². The van der Waals surface area contributed by atoms with Crippen LogP contribution < -0.4 is 20.0 Å². The molecule has 1 unspecified atom stereocenters. The van der Waals surface area contributed by atoms with Crippen LogP contribution in [0.2, 0.25) is 0 Å². The molecule has 0 aliphatic carbocycles. The number of aryl methyl sites for hydroxylation is 1. The van der Waals surface area contributed by atoms with E-state index in [9.17, 15) is 9.90 Å². The van der Waals surface area contributed by atoms with Crippen molar-refractivity contribution in [1.29, 1.82) is 0 Å². The summed E-state index contributed by atoms with van der Waals surface area (Å²) in [7, 11) is 0. The Morgan fingerprint density at radius 2 is 2.04 bits per heavy atom. The molecule has 0 spiro atoms. The van der Waals surface area contributed by atoms with Crippen LogP contribution in [0.15, 0.2) is 21.3 Å². The van der Waals surface area contributed by atoms with Gasteiger partial charge in [0.2, 0.25) is 17.1 Å². The van der Waals surface area contributed by atoms with Gasteiger partial charge in [0.15, 0.2) is 0 Å². The number of hydrogen-bond donors (Lipinski definition) is 1. The van der Waals surface area contributed by atoms with Crippen LogP contribution in [0.1, 0.15) is 25.3 Å². The lowest BCUT2D eigenvalue weighted by Crippen LogP contribution is -2.37. The largest absolute Gasteiger partial charge is 0.485 e. The minimum Gasteiger partial charge on any atom is -0.485 e. The summed E-state index contributed by atoms with van der Waals surface area (Å²) in [5.41, 5.74) is 2.18. The standard InChI is InChI=1S/C21H28N2O5/c1-3-27-20-18(25)17-16(23-8-4-5-15(23)13-24)7-6-14(2)19(17)28-21(20)22-9-11-26-12-10-22/h6-7,15,24H,3-5,8-13H2,1-2H3.